The van der Waals surface area contributed by atoms with Gasteiger partial charge in [0.05, 0.1) is 22.5 Å². The number of nitrogens with zero attached hydrogens (tertiary/aromatic N) is 3. The molecule has 0 aliphatic carbocycles. The van der Waals surface area contributed by atoms with Crippen molar-refractivity contribution in [1.82, 2.24) is 4.98 Å². The molecule has 2 aromatic heterocycles. The molecule has 17 heavy (non-hydrogen) atoms. The lowest BCUT2D eigenvalue weighted by Gasteiger charge is -2.27. The van der Waals surface area contributed by atoms with Crippen molar-refractivity contribution in [2.75, 3.05) is 11.9 Å². The van der Waals surface area contributed by atoms with Crippen LogP contribution in [0.3, 0.4) is 0 Å². The molecule has 0 N–H and O–H groups in total. The number of pyridine rings is 2. The van der Waals surface area contributed by atoms with E-state index in [2.05, 4.69) is 46.0 Å². The van der Waals surface area contributed by atoms with E-state index in [1.165, 1.54) is 21.2 Å². The van der Waals surface area contributed by atoms with E-state index in [1.807, 2.05) is 19.4 Å². The lowest BCUT2D eigenvalue weighted by molar-refractivity contribution is -0.673. The molecule has 5 heteroatoms. The number of anilines is 2. The topological polar surface area (TPSA) is 20.0 Å². The largest absolute Gasteiger partial charge is 1.00 e. The summed E-state index contributed by atoms with van der Waals surface area (Å²) >= 11 is 1.80. The Morgan fingerprint density at radius 2 is 2.06 bits per heavy atom. The minimum absolute atomic E-state index is 0. The monoisotopic (exact) mass is 357 g/mol. The number of hydrogen-bond acceptors (Lipinski definition) is 3. The first-order valence-corrected chi connectivity index (χ1v) is 5.92. The fourth-order valence-corrected chi connectivity index (χ4v) is 3.07. The molecule has 0 spiro atoms. The van der Waals surface area contributed by atoms with Gasteiger partial charge >= 0.3 is 0 Å². The lowest BCUT2D eigenvalue weighted by atomic mass is 10.3. The van der Waals surface area contributed by atoms with Gasteiger partial charge < -0.3 is 28.9 Å². The summed E-state index contributed by atoms with van der Waals surface area (Å²) in [6.45, 7) is 0. The number of halogens is 1. The van der Waals surface area contributed by atoms with E-state index in [0.29, 0.717) is 0 Å². The fraction of sp³-hybridized carbons (Fsp3) is 0.167. The van der Waals surface area contributed by atoms with Gasteiger partial charge in [-0.1, -0.05) is 11.8 Å². The molecule has 3 nitrogen and oxygen atoms in total. The van der Waals surface area contributed by atoms with Gasteiger partial charge in [-0.25, -0.2) is 4.57 Å². The molecule has 3 heterocycles. The van der Waals surface area contributed by atoms with Crippen molar-refractivity contribution >= 4 is 23.1 Å². The second-order valence-electron chi connectivity index (χ2n) is 3.86. The van der Waals surface area contributed by atoms with Crippen LogP contribution < -0.4 is 33.4 Å². The van der Waals surface area contributed by atoms with Crippen molar-refractivity contribution in [3.63, 3.8) is 0 Å². The van der Waals surface area contributed by atoms with Crippen molar-refractivity contribution < 1.29 is 28.5 Å². The van der Waals surface area contributed by atoms with Crippen molar-refractivity contribution in [3.8, 4) is 0 Å². The van der Waals surface area contributed by atoms with Crippen LogP contribution in [0.5, 0.6) is 0 Å². The van der Waals surface area contributed by atoms with Crippen molar-refractivity contribution in [2.45, 2.75) is 9.79 Å². The SMILES string of the molecule is CN1c2cc[n+](C)cc2Sc2ccncc21.[I-]. The van der Waals surface area contributed by atoms with E-state index < -0.39 is 0 Å². The third-order valence-corrected chi connectivity index (χ3v) is 3.84. The first-order valence-electron chi connectivity index (χ1n) is 5.10. The molecule has 0 aromatic carbocycles. The molecule has 0 bridgehead atoms. The molecule has 0 radical (unpaired) electrons. The first kappa shape index (κ1) is 12.6. The van der Waals surface area contributed by atoms with Crippen molar-refractivity contribution in [3.05, 3.63) is 36.9 Å². The summed E-state index contributed by atoms with van der Waals surface area (Å²) < 4.78 is 2.08. The van der Waals surface area contributed by atoms with Crippen LogP contribution in [0, 0.1) is 0 Å². The Labute approximate surface area is 122 Å². The molecule has 1 aliphatic heterocycles. The maximum Gasteiger partial charge on any atom is 0.184 e. The van der Waals surface area contributed by atoms with Crippen molar-refractivity contribution in [1.29, 1.82) is 0 Å². The van der Waals surface area contributed by atoms with Crippen molar-refractivity contribution in [2.24, 2.45) is 7.05 Å². The highest BCUT2D eigenvalue weighted by atomic mass is 127. The van der Waals surface area contributed by atoms with Gasteiger partial charge in [-0.15, -0.1) is 0 Å². The number of rotatable bonds is 0. The second kappa shape index (κ2) is 4.81. The highest BCUT2D eigenvalue weighted by molar-refractivity contribution is 7.99. The van der Waals surface area contributed by atoms with Gasteiger partial charge in [0.1, 0.15) is 7.05 Å². The molecule has 0 saturated heterocycles. The standard InChI is InChI=1S/C12H12N3S.HI/c1-14-6-4-9-12(8-14)16-11-3-5-13-7-10(11)15(9)2;/h3-8H,1-2H3;1H/q+1;/p-1. The Morgan fingerprint density at radius 3 is 2.88 bits per heavy atom. The van der Waals surface area contributed by atoms with Gasteiger partial charge in [0, 0.05) is 24.2 Å². The van der Waals surface area contributed by atoms with Crippen LogP contribution >= 0.6 is 11.8 Å². The zero-order valence-corrected chi connectivity index (χ0v) is 12.6. The normalized spacial score (nSPS) is 12.5. The minimum atomic E-state index is 0. The van der Waals surface area contributed by atoms with Crippen LogP contribution in [-0.2, 0) is 7.05 Å². The Balaban J connectivity index is 0.00000108. The Morgan fingerprint density at radius 1 is 1.24 bits per heavy atom. The quantitative estimate of drug-likeness (QED) is 0.452. The summed E-state index contributed by atoms with van der Waals surface area (Å²) in [7, 11) is 4.13. The first-order chi connectivity index (χ1) is 7.75. The molecule has 2 aromatic rings. The smallest absolute Gasteiger partial charge is 0.184 e. The van der Waals surface area contributed by atoms with Gasteiger partial charge in [-0.2, -0.15) is 0 Å². The zero-order chi connectivity index (χ0) is 11.1. The molecule has 1 aliphatic rings. The summed E-state index contributed by atoms with van der Waals surface area (Å²) in [4.78, 5) is 8.91. The Bertz CT molecular complexity index is 559. The molecular formula is C12H12IN3S. The number of aromatic nitrogens is 2. The van der Waals surface area contributed by atoms with Gasteiger partial charge in [-0.05, 0) is 6.07 Å². The molecule has 88 valence electrons. The van der Waals surface area contributed by atoms with Gasteiger partial charge in [0.25, 0.3) is 0 Å². The molecular weight excluding hydrogens is 345 g/mol. The number of aryl methyl sites for hydroxylation is 1. The molecule has 0 saturated carbocycles. The number of hydrogen-bond donors (Lipinski definition) is 0. The lowest BCUT2D eigenvalue weighted by Crippen LogP contribution is -3.00. The Kier molecular flexibility index (Phi) is 3.58. The maximum atomic E-state index is 4.18. The van der Waals surface area contributed by atoms with Crippen LogP contribution in [0.4, 0.5) is 11.4 Å². The second-order valence-corrected chi connectivity index (χ2v) is 4.95. The average molecular weight is 357 g/mol. The summed E-state index contributed by atoms with van der Waals surface area (Å²) in [5, 5.41) is 0. The predicted octanol–water partition coefficient (Wildman–Crippen LogP) is -0.857. The Hall–Kier alpha value is -0.820. The van der Waals surface area contributed by atoms with Crippen LogP contribution in [0.1, 0.15) is 0 Å². The molecule has 0 atom stereocenters. The van der Waals surface area contributed by atoms with E-state index in [0.717, 1.165) is 0 Å². The highest BCUT2D eigenvalue weighted by Gasteiger charge is 2.22. The predicted molar refractivity (Wildman–Crippen MR) is 64.0 cm³/mol. The summed E-state index contributed by atoms with van der Waals surface area (Å²) in [5.74, 6) is 0. The van der Waals surface area contributed by atoms with Gasteiger partial charge in [0.2, 0.25) is 0 Å². The van der Waals surface area contributed by atoms with Gasteiger partial charge in [0.15, 0.2) is 12.4 Å². The molecule has 0 amide bonds. The zero-order valence-electron chi connectivity index (χ0n) is 9.59. The minimum Gasteiger partial charge on any atom is -1.00 e. The van der Waals surface area contributed by atoms with Gasteiger partial charge in [-0.3, -0.25) is 4.98 Å². The number of fused-ring (bicyclic) bond motifs is 2. The van der Waals surface area contributed by atoms with Crippen LogP contribution in [0.2, 0.25) is 0 Å². The van der Waals surface area contributed by atoms with E-state index in [9.17, 15) is 0 Å². The summed E-state index contributed by atoms with van der Waals surface area (Å²) in [6, 6.07) is 4.20. The van der Waals surface area contributed by atoms with Crippen LogP contribution in [0.25, 0.3) is 0 Å². The van der Waals surface area contributed by atoms with E-state index in [1.54, 1.807) is 11.8 Å². The highest BCUT2D eigenvalue weighted by Crippen LogP contribution is 2.45. The molecule has 0 fully saturated rings. The fourth-order valence-electron chi connectivity index (χ4n) is 1.88. The third-order valence-electron chi connectivity index (χ3n) is 2.74. The van der Waals surface area contributed by atoms with E-state index in [4.69, 9.17) is 0 Å². The molecule has 3 rings (SSSR count). The maximum absolute atomic E-state index is 4.18. The summed E-state index contributed by atoms with van der Waals surface area (Å²) in [6.07, 6.45) is 7.98. The third kappa shape index (κ3) is 2.13. The average Bonchev–Trinajstić information content (AvgIpc) is 2.29. The molecule has 0 unspecified atom stereocenters. The van der Waals surface area contributed by atoms with E-state index >= 15 is 0 Å². The summed E-state index contributed by atoms with van der Waals surface area (Å²) in [5.41, 5.74) is 2.41. The van der Waals surface area contributed by atoms with E-state index in [-0.39, 0.29) is 24.0 Å². The van der Waals surface area contributed by atoms with Crippen LogP contribution in [-0.4, -0.2) is 12.0 Å². The van der Waals surface area contributed by atoms with Crippen LogP contribution in [0.15, 0.2) is 46.7 Å².